The number of rotatable bonds is 8. The van der Waals surface area contributed by atoms with E-state index >= 15 is 0 Å². The van der Waals surface area contributed by atoms with Gasteiger partial charge in [0.2, 0.25) is 5.89 Å². The Hall–Kier alpha value is -1.76. The fraction of sp³-hybridized carbons (Fsp3) is 0.600. The Morgan fingerprint density at radius 3 is 3.00 bits per heavy atom. The number of hydrogen-bond acceptors (Lipinski definition) is 6. The lowest BCUT2D eigenvalue weighted by molar-refractivity contribution is 0.177. The molecule has 6 nitrogen and oxygen atoms in total. The van der Waals surface area contributed by atoms with E-state index in [0.29, 0.717) is 18.6 Å². The lowest BCUT2D eigenvalue weighted by Crippen LogP contribution is -2.45. The van der Waals surface area contributed by atoms with Crippen LogP contribution in [0.2, 0.25) is 0 Å². The maximum Gasteiger partial charge on any atom is 0.229 e. The fourth-order valence-electron chi connectivity index (χ4n) is 3.65. The van der Waals surface area contributed by atoms with Gasteiger partial charge in [0.15, 0.2) is 5.82 Å². The Bertz CT molecular complexity index is 713. The molecule has 1 aliphatic carbocycles. The third-order valence-electron chi connectivity index (χ3n) is 5.18. The second kappa shape index (κ2) is 8.29. The molecule has 4 rings (SSSR count). The van der Waals surface area contributed by atoms with Crippen LogP contribution in [0.5, 0.6) is 0 Å². The van der Waals surface area contributed by atoms with Gasteiger partial charge in [0, 0.05) is 32.2 Å². The molecule has 2 aromatic rings. The zero-order valence-electron chi connectivity index (χ0n) is 15.5. The highest BCUT2D eigenvalue weighted by molar-refractivity contribution is 5.23. The van der Waals surface area contributed by atoms with Gasteiger partial charge in [-0.25, -0.2) is 0 Å². The van der Waals surface area contributed by atoms with Gasteiger partial charge in [-0.05, 0) is 43.4 Å². The van der Waals surface area contributed by atoms with E-state index in [4.69, 9.17) is 9.26 Å². The summed E-state index contributed by atoms with van der Waals surface area (Å²) in [6.07, 6.45) is 4.81. The number of likely N-dealkylation sites (tertiary alicyclic amines) is 1. The molecule has 1 saturated heterocycles. The Labute approximate surface area is 154 Å². The molecule has 140 valence electrons. The molecule has 26 heavy (non-hydrogen) atoms. The molecule has 6 heteroatoms. The Kier molecular flexibility index (Phi) is 5.62. The third kappa shape index (κ3) is 4.69. The summed E-state index contributed by atoms with van der Waals surface area (Å²) in [5.74, 6) is 2.20. The number of benzene rings is 1. The van der Waals surface area contributed by atoms with Crippen molar-refractivity contribution >= 4 is 0 Å². The largest absolute Gasteiger partial charge is 0.380 e. The van der Waals surface area contributed by atoms with Crippen molar-refractivity contribution in [2.75, 3.05) is 20.2 Å². The quantitative estimate of drug-likeness (QED) is 0.785. The van der Waals surface area contributed by atoms with E-state index in [1.165, 1.54) is 36.8 Å². The van der Waals surface area contributed by atoms with Crippen molar-refractivity contribution in [2.45, 2.75) is 57.3 Å². The van der Waals surface area contributed by atoms with Crippen LogP contribution in [0.4, 0.5) is 0 Å². The van der Waals surface area contributed by atoms with Gasteiger partial charge < -0.3 is 14.6 Å². The van der Waals surface area contributed by atoms with Crippen molar-refractivity contribution in [3.63, 3.8) is 0 Å². The first kappa shape index (κ1) is 17.6. The van der Waals surface area contributed by atoms with Crippen LogP contribution >= 0.6 is 0 Å². The molecule has 2 fully saturated rings. The van der Waals surface area contributed by atoms with Crippen molar-refractivity contribution in [1.29, 1.82) is 0 Å². The number of nitrogens with one attached hydrogen (secondary N) is 1. The number of piperidine rings is 1. The zero-order chi connectivity index (χ0) is 17.8. The minimum absolute atomic E-state index is 0.504. The minimum atomic E-state index is 0.504. The zero-order valence-corrected chi connectivity index (χ0v) is 15.5. The number of ether oxygens (including phenoxy) is 1. The van der Waals surface area contributed by atoms with Crippen LogP contribution in [0.15, 0.2) is 28.8 Å². The van der Waals surface area contributed by atoms with E-state index in [9.17, 15) is 0 Å². The molecule has 1 saturated carbocycles. The fourth-order valence-corrected chi connectivity index (χ4v) is 3.65. The average Bonchev–Trinajstić information content (AvgIpc) is 3.41. The smallest absolute Gasteiger partial charge is 0.229 e. The lowest BCUT2D eigenvalue weighted by Gasteiger charge is -2.32. The van der Waals surface area contributed by atoms with E-state index in [1.54, 1.807) is 7.11 Å². The average molecular weight is 356 g/mol. The Balaban J connectivity index is 1.27. The summed E-state index contributed by atoms with van der Waals surface area (Å²) in [5.41, 5.74) is 2.53. The van der Waals surface area contributed by atoms with Crippen LogP contribution in [-0.2, 0) is 24.4 Å². The van der Waals surface area contributed by atoms with Crippen LogP contribution in [0.3, 0.4) is 0 Å². The molecule has 1 aromatic carbocycles. The third-order valence-corrected chi connectivity index (χ3v) is 5.18. The van der Waals surface area contributed by atoms with Gasteiger partial charge in [-0.2, -0.15) is 4.98 Å². The number of aromatic nitrogens is 2. The summed E-state index contributed by atoms with van der Waals surface area (Å²) >= 11 is 0. The van der Waals surface area contributed by atoms with Crippen molar-refractivity contribution in [3.05, 3.63) is 47.1 Å². The van der Waals surface area contributed by atoms with Gasteiger partial charge in [-0.15, -0.1) is 0 Å². The van der Waals surface area contributed by atoms with E-state index in [-0.39, 0.29) is 0 Å². The van der Waals surface area contributed by atoms with Crippen molar-refractivity contribution in [1.82, 2.24) is 20.4 Å². The molecule has 1 aliphatic heterocycles. The molecule has 0 radical (unpaired) electrons. The van der Waals surface area contributed by atoms with Gasteiger partial charge in [-0.3, -0.25) is 4.90 Å². The Morgan fingerprint density at radius 2 is 2.15 bits per heavy atom. The van der Waals surface area contributed by atoms with E-state index in [1.807, 2.05) is 0 Å². The summed E-state index contributed by atoms with van der Waals surface area (Å²) in [6.45, 7) is 4.49. The van der Waals surface area contributed by atoms with Crippen molar-refractivity contribution < 1.29 is 9.26 Å². The van der Waals surface area contributed by atoms with E-state index < -0.39 is 0 Å². The molecule has 1 N–H and O–H groups in total. The normalized spacial score (nSPS) is 21.2. The molecule has 0 bridgehead atoms. The van der Waals surface area contributed by atoms with Gasteiger partial charge in [0.25, 0.3) is 0 Å². The first-order chi connectivity index (χ1) is 12.8. The SMILES string of the molecule is COCc1cccc(CNC2CCCN(Cc3noc(C4CC4)n3)C2)c1. The molecule has 2 heterocycles. The second-order valence-electron chi connectivity index (χ2n) is 7.53. The lowest BCUT2D eigenvalue weighted by atomic mass is 10.0. The Morgan fingerprint density at radius 1 is 1.27 bits per heavy atom. The van der Waals surface area contributed by atoms with Crippen LogP contribution < -0.4 is 5.32 Å². The monoisotopic (exact) mass is 356 g/mol. The highest BCUT2D eigenvalue weighted by Crippen LogP contribution is 2.38. The van der Waals surface area contributed by atoms with Crippen LogP contribution in [0.1, 0.15) is 54.4 Å². The van der Waals surface area contributed by atoms with Crippen LogP contribution in [0.25, 0.3) is 0 Å². The molecule has 2 aliphatic rings. The molecule has 1 unspecified atom stereocenters. The molecule has 0 spiro atoms. The van der Waals surface area contributed by atoms with Gasteiger partial charge in [0.1, 0.15) is 0 Å². The van der Waals surface area contributed by atoms with Crippen LogP contribution in [-0.4, -0.2) is 41.3 Å². The number of nitrogens with zero attached hydrogens (tertiary/aromatic N) is 3. The number of hydrogen-bond donors (Lipinski definition) is 1. The first-order valence-electron chi connectivity index (χ1n) is 9.65. The van der Waals surface area contributed by atoms with Gasteiger partial charge in [0.05, 0.1) is 13.2 Å². The molecular formula is C20H28N4O2. The molecule has 0 amide bonds. The van der Waals surface area contributed by atoms with Gasteiger partial charge >= 0.3 is 0 Å². The first-order valence-corrected chi connectivity index (χ1v) is 9.65. The summed E-state index contributed by atoms with van der Waals surface area (Å²) < 4.78 is 10.6. The summed E-state index contributed by atoms with van der Waals surface area (Å²) in [5, 5.41) is 7.87. The topological polar surface area (TPSA) is 63.4 Å². The highest BCUT2D eigenvalue weighted by atomic mass is 16.5. The highest BCUT2D eigenvalue weighted by Gasteiger charge is 2.30. The van der Waals surface area contributed by atoms with E-state index in [2.05, 4.69) is 44.6 Å². The summed E-state index contributed by atoms with van der Waals surface area (Å²) in [4.78, 5) is 6.99. The summed E-state index contributed by atoms with van der Waals surface area (Å²) in [6, 6.07) is 9.11. The van der Waals surface area contributed by atoms with Gasteiger partial charge in [-0.1, -0.05) is 29.4 Å². The second-order valence-corrected chi connectivity index (χ2v) is 7.53. The standard InChI is InChI=1S/C20H28N4O2/c1-25-14-16-5-2-4-15(10-16)11-21-18-6-3-9-24(12-18)13-19-22-20(26-23-19)17-7-8-17/h2,4-5,10,17-18,21H,3,6-9,11-14H2,1H3. The maximum absolute atomic E-state index is 5.38. The maximum atomic E-state index is 5.38. The van der Waals surface area contributed by atoms with E-state index in [0.717, 1.165) is 37.9 Å². The predicted octanol–water partition coefficient (Wildman–Crippen LogP) is 2.85. The minimum Gasteiger partial charge on any atom is -0.380 e. The summed E-state index contributed by atoms with van der Waals surface area (Å²) in [7, 11) is 1.73. The van der Waals surface area contributed by atoms with Crippen LogP contribution in [0, 0.1) is 0 Å². The molecule has 1 aromatic heterocycles. The van der Waals surface area contributed by atoms with Crippen molar-refractivity contribution in [3.8, 4) is 0 Å². The van der Waals surface area contributed by atoms with Crippen molar-refractivity contribution in [2.24, 2.45) is 0 Å². The number of methoxy groups -OCH3 is 1. The predicted molar refractivity (Wildman–Crippen MR) is 98.6 cm³/mol. The molecule has 1 atom stereocenters. The molecular weight excluding hydrogens is 328 g/mol.